The molecule has 0 saturated heterocycles. The van der Waals surface area contributed by atoms with E-state index < -0.39 is 0 Å². The second-order valence-corrected chi connectivity index (χ2v) is 4.46. The molecule has 1 nitrogen and oxygen atoms in total. The van der Waals surface area contributed by atoms with Crippen LogP contribution in [0.2, 0.25) is 0 Å². The third kappa shape index (κ3) is 3.14. The smallest absolute Gasteiger partial charge is 0.0175 e. The first-order valence-electron chi connectivity index (χ1n) is 5.13. The predicted octanol–water partition coefficient (Wildman–Crippen LogP) is 3.15. The van der Waals surface area contributed by atoms with Crippen LogP contribution < -0.4 is 0 Å². The van der Waals surface area contributed by atoms with E-state index in [1.807, 2.05) is 0 Å². The van der Waals surface area contributed by atoms with Crippen molar-refractivity contribution >= 4 is 0 Å². The quantitative estimate of drug-likeness (QED) is 0.614. The number of hydrogen-bond donors (Lipinski definition) is 0. The maximum atomic E-state index is 2.36. The van der Waals surface area contributed by atoms with Crippen LogP contribution in [0.15, 0.2) is 0 Å². The van der Waals surface area contributed by atoms with Crippen LogP contribution >= 0.6 is 0 Å². The standard InChI is InChI=1S/C11H25N/c1-7-10(3)9-11(4,8-2)12(5)6/h10H,7-9H2,1-6H3. The molecule has 1 heteroatoms. The lowest BCUT2D eigenvalue weighted by Gasteiger charge is -2.37. The average Bonchev–Trinajstić information content (AvgIpc) is 2.03. The molecule has 0 aromatic rings. The summed E-state index contributed by atoms with van der Waals surface area (Å²) < 4.78 is 0. The molecule has 0 aliphatic rings. The highest BCUT2D eigenvalue weighted by Gasteiger charge is 2.25. The fourth-order valence-electron chi connectivity index (χ4n) is 1.54. The molecule has 2 atom stereocenters. The van der Waals surface area contributed by atoms with Gasteiger partial charge in [-0.1, -0.05) is 27.2 Å². The molecule has 0 aromatic carbocycles. The molecule has 74 valence electrons. The van der Waals surface area contributed by atoms with Crippen molar-refractivity contribution in [2.75, 3.05) is 14.1 Å². The second kappa shape index (κ2) is 4.86. The van der Waals surface area contributed by atoms with E-state index in [2.05, 4.69) is 46.7 Å². The minimum atomic E-state index is 0.398. The van der Waals surface area contributed by atoms with Gasteiger partial charge in [-0.3, -0.25) is 0 Å². The summed E-state index contributed by atoms with van der Waals surface area (Å²) in [4.78, 5) is 2.36. The Hall–Kier alpha value is -0.0400. The summed E-state index contributed by atoms with van der Waals surface area (Å²) >= 11 is 0. The topological polar surface area (TPSA) is 3.24 Å². The van der Waals surface area contributed by atoms with Crippen LogP contribution in [-0.4, -0.2) is 24.5 Å². The molecule has 0 rings (SSSR count). The molecule has 0 aliphatic carbocycles. The molecule has 0 N–H and O–H groups in total. The molecular weight excluding hydrogens is 146 g/mol. The first-order valence-corrected chi connectivity index (χ1v) is 5.13. The Balaban J connectivity index is 4.14. The Morgan fingerprint density at radius 1 is 1.25 bits per heavy atom. The molecule has 0 bridgehead atoms. The van der Waals surface area contributed by atoms with Crippen LogP contribution in [0.5, 0.6) is 0 Å². The van der Waals surface area contributed by atoms with Gasteiger partial charge in [-0.25, -0.2) is 0 Å². The molecule has 0 aliphatic heterocycles. The van der Waals surface area contributed by atoms with Gasteiger partial charge in [0.15, 0.2) is 0 Å². The van der Waals surface area contributed by atoms with E-state index in [1.165, 1.54) is 19.3 Å². The molecule has 0 fully saturated rings. The van der Waals surface area contributed by atoms with Crippen molar-refractivity contribution in [2.24, 2.45) is 5.92 Å². The van der Waals surface area contributed by atoms with Gasteiger partial charge in [0, 0.05) is 5.54 Å². The van der Waals surface area contributed by atoms with Crippen molar-refractivity contribution in [1.29, 1.82) is 0 Å². The zero-order valence-electron chi connectivity index (χ0n) is 9.65. The van der Waals surface area contributed by atoms with Crippen LogP contribution in [0.1, 0.15) is 47.0 Å². The third-order valence-electron chi connectivity index (χ3n) is 3.33. The Bertz CT molecular complexity index is 120. The van der Waals surface area contributed by atoms with E-state index in [4.69, 9.17) is 0 Å². The van der Waals surface area contributed by atoms with Gasteiger partial charge >= 0.3 is 0 Å². The number of rotatable bonds is 5. The van der Waals surface area contributed by atoms with Gasteiger partial charge < -0.3 is 4.90 Å². The van der Waals surface area contributed by atoms with Crippen molar-refractivity contribution < 1.29 is 0 Å². The van der Waals surface area contributed by atoms with Gasteiger partial charge in [0.1, 0.15) is 0 Å². The number of hydrogen-bond acceptors (Lipinski definition) is 1. The van der Waals surface area contributed by atoms with E-state index in [1.54, 1.807) is 0 Å². The highest BCUT2D eigenvalue weighted by atomic mass is 15.1. The maximum Gasteiger partial charge on any atom is 0.0175 e. The highest BCUT2D eigenvalue weighted by molar-refractivity contribution is 4.82. The lowest BCUT2D eigenvalue weighted by atomic mass is 9.85. The van der Waals surface area contributed by atoms with Crippen molar-refractivity contribution in [1.82, 2.24) is 4.90 Å². The van der Waals surface area contributed by atoms with Gasteiger partial charge in [-0.15, -0.1) is 0 Å². The Labute approximate surface area is 78.1 Å². The molecule has 0 saturated carbocycles. The Morgan fingerprint density at radius 2 is 1.75 bits per heavy atom. The molecule has 12 heavy (non-hydrogen) atoms. The van der Waals surface area contributed by atoms with Crippen molar-refractivity contribution in [3.8, 4) is 0 Å². The highest BCUT2D eigenvalue weighted by Crippen LogP contribution is 2.26. The molecule has 0 heterocycles. The zero-order chi connectivity index (χ0) is 9.78. The maximum absolute atomic E-state index is 2.36. The van der Waals surface area contributed by atoms with Crippen molar-refractivity contribution in [3.05, 3.63) is 0 Å². The SMILES string of the molecule is CCC(C)CC(C)(CC)N(C)C. The summed E-state index contributed by atoms with van der Waals surface area (Å²) in [6.45, 7) is 9.26. The fraction of sp³-hybridized carbons (Fsp3) is 1.00. The monoisotopic (exact) mass is 171 g/mol. The molecular formula is C11H25N. The summed E-state index contributed by atoms with van der Waals surface area (Å²) in [5, 5.41) is 0. The molecule has 0 spiro atoms. The largest absolute Gasteiger partial charge is 0.304 e. The lowest BCUT2D eigenvalue weighted by Crippen LogP contribution is -2.41. The van der Waals surface area contributed by atoms with E-state index in [0.29, 0.717) is 5.54 Å². The Kier molecular flexibility index (Phi) is 4.84. The van der Waals surface area contributed by atoms with Gasteiger partial charge in [0.2, 0.25) is 0 Å². The van der Waals surface area contributed by atoms with E-state index in [-0.39, 0.29) is 0 Å². The third-order valence-corrected chi connectivity index (χ3v) is 3.33. The fourth-order valence-corrected chi connectivity index (χ4v) is 1.54. The van der Waals surface area contributed by atoms with E-state index >= 15 is 0 Å². The average molecular weight is 171 g/mol. The summed E-state index contributed by atoms with van der Waals surface area (Å²) in [6.07, 6.45) is 3.85. The van der Waals surface area contributed by atoms with Gasteiger partial charge in [-0.05, 0) is 39.8 Å². The zero-order valence-corrected chi connectivity index (χ0v) is 9.65. The van der Waals surface area contributed by atoms with Crippen molar-refractivity contribution in [2.45, 2.75) is 52.5 Å². The van der Waals surface area contributed by atoms with E-state index in [0.717, 1.165) is 5.92 Å². The number of nitrogens with zero attached hydrogens (tertiary/aromatic N) is 1. The Morgan fingerprint density at radius 3 is 2.00 bits per heavy atom. The van der Waals surface area contributed by atoms with Crippen molar-refractivity contribution in [3.63, 3.8) is 0 Å². The van der Waals surface area contributed by atoms with Crippen LogP contribution in [0.4, 0.5) is 0 Å². The minimum absolute atomic E-state index is 0.398. The molecule has 2 unspecified atom stereocenters. The van der Waals surface area contributed by atoms with Crippen LogP contribution in [0.3, 0.4) is 0 Å². The summed E-state index contributed by atoms with van der Waals surface area (Å²) in [7, 11) is 4.37. The molecule has 0 amide bonds. The van der Waals surface area contributed by atoms with Gasteiger partial charge in [0.05, 0.1) is 0 Å². The van der Waals surface area contributed by atoms with Crippen LogP contribution in [-0.2, 0) is 0 Å². The van der Waals surface area contributed by atoms with Gasteiger partial charge in [0.25, 0.3) is 0 Å². The van der Waals surface area contributed by atoms with Crippen LogP contribution in [0, 0.1) is 5.92 Å². The predicted molar refractivity (Wildman–Crippen MR) is 56.5 cm³/mol. The first kappa shape index (κ1) is 12.0. The lowest BCUT2D eigenvalue weighted by molar-refractivity contribution is 0.132. The minimum Gasteiger partial charge on any atom is -0.304 e. The van der Waals surface area contributed by atoms with Crippen LogP contribution in [0.25, 0.3) is 0 Å². The van der Waals surface area contributed by atoms with E-state index in [9.17, 15) is 0 Å². The molecule has 0 radical (unpaired) electrons. The summed E-state index contributed by atoms with van der Waals surface area (Å²) in [5.74, 6) is 0.845. The normalized spacial score (nSPS) is 19.2. The second-order valence-electron chi connectivity index (χ2n) is 4.46. The first-order chi connectivity index (χ1) is 5.46. The molecule has 0 aromatic heterocycles. The summed E-state index contributed by atoms with van der Waals surface area (Å²) in [5.41, 5.74) is 0.398. The van der Waals surface area contributed by atoms with Gasteiger partial charge in [-0.2, -0.15) is 0 Å². The summed E-state index contributed by atoms with van der Waals surface area (Å²) in [6, 6.07) is 0.